The highest BCUT2D eigenvalue weighted by molar-refractivity contribution is 9.10. The van der Waals surface area contributed by atoms with Crippen molar-refractivity contribution >= 4 is 21.9 Å². The van der Waals surface area contributed by atoms with Crippen molar-refractivity contribution in [2.75, 3.05) is 20.3 Å². The van der Waals surface area contributed by atoms with Crippen LogP contribution < -0.4 is 9.47 Å². The first kappa shape index (κ1) is 14.1. The monoisotopic (exact) mass is 330 g/mol. The van der Waals surface area contributed by atoms with Crippen molar-refractivity contribution in [3.63, 3.8) is 0 Å². The number of halogens is 1. The van der Waals surface area contributed by atoms with Crippen LogP contribution in [0.3, 0.4) is 0 Å². The molecule has 0 aliphatic carbocycles. The van der Waals surface area contributed by atoms with Gasteiger partial charge in [-0.1, -0.05) is 0 Å². The summed E-state index contributed by atoms with van der Waals surface area (Å²) in [4.78, 5) is 11.5. The molecule has 19 heavy (non-hydrogen) atoms. The zero-order valence-corrected chi connectivity index (χ0v) is 12.3. The minimum atomic E-state index is -0.959. The van der Waals surface area contributed by atoms with Crippen LogP contribution in [0.25, 0.3) is 0 Å². The van der Waals surface area contributed by atoms with Crippen molar-refractivity contribution in [2.45, 2.75) is 13.0 Å². The normalized spacial score (nSPS) is 16.6. The van der Waals surface area contributed by atoms with Crippen LogP contribution in [0, 0.1) is 5.92 Å². The molecule has 6 heteroatoms. The first-order chi connectivity index (χ1) is 9.04. The molecule has 0 spiro atoms. The standard InChI is InChI=1S/C13H15BrO5/c1-7(13(16)17-2)11(15)8-5-9(14)12-10(6-8)18-3-4-19-12/h5-7,11,15H,3-4H2,1-2H3. The maximum atomic E-state index is 11.5. The molecule has 104 valence electrons. The van der Waals surface area contributed by atoms with Gasteiger partial charge in [-0.05, 0) is 40.5 Å². The predicted molar refractivity (Wildman–Crippen MR) is 71.3 cm³/mol. The van der Waals surface area contributed by atoms with Crippen LogP contribution in [0.5, 0.6) is 11.5 Å². The van der Waals surface area contributed by atoms with Gasteiger partial charge in [0.1, 0.15) is 13.2 Å². The summed E-state index contributed by atoms with van der Waals surface area (Å²) in [5.74, 6) is 0.0673. The number of aliphatic hydroxyl groups excluding tert-OH is 1. The van der Waals surface area contributed by atoms with Crippen LogP contribution in [0.2, 0.25) is 0 Å². The van der Waals surface area contributed by atoms with Crippen LogP contribution in [0.4, 0.5) is 0 Å². The summed E-state index contributed by atoms with van der Waals surface area (Å²) in [6.45, 7) is 2.57. The van der Waals surface area contributed by atoms with E-state index in [1.807, 2.05) is 0 Å². The predicted octanol–water partition coefficient (Wildman–Crippen LogP) is 2.06. The van der Waals surface area contributed by atoms with Crippen LogP contribution in [-0.2, 0) is 9.53 Å². The van der Waals surface area contributed by atoms with Crippen LogP contribution in [0.1, 0.15) is 18.6 Å². The summed E-state index contributed by atoms with van der Waals surface area (Å²) in [7, 11) is 1.30. The van der Waals surface area contributed by atoms with Gasteiger partial charge in [0.05, 0.1) is 23.6 Å². The lowest BCUT2D eigenvalue weighted by Gasteiger charge is -2.23. The second-order valence-corrected chi connectivity index (χ2v) is 5.14. The van der Waals surface area contributed by atoms with Gasteiger partial charge in [-0.15, -0.1) is 0 Å². The Morgan fingerprint density at radius 2 is 2.11 bits per heavy atom. The molecule has 2 rings (SSSR count). The van der Waals surface area contributed by atoms with Crippen LogP contribution in [-0.4, -0.2) is 31.4 Å². The Hall–Kier alpha value is -1.27. The fourth-order valence-corrected chi connectivity index (χ4v) is 2.48. The topological polar surface area (TPSA) is 65.0 Å². The van der Waals surface area contributed by atoms with E-state index in [1.165, 1.54) is 7.11 Å². The summed E-state index contributed by atoms with van der Waals surface area (Å²) in [5.41, 5.74) is 0.578. The molecule has 1 aliphatic heterocycles. The van der Waals surface area contributed by atoms with Gasteiger partial charge in [-0.25, -0.2) is 0 Å². The summed E-state index contributed by atoms with van der Waals surface area (Å²) in [6.07, 6.45) is -0.959. The van der Waals surface area contributed by atoms with Gasteiger partial charge in [0.2, 0.25) is 0 Å². The first-order valence-electron chi connectivity index (χ1n) is 5.89. The molecule has 0 bridgehead atoms. The fraction of sp³-hybridized carbons (Fsp3) is 0.462. The molecule has 0 radical (unpaired) electrons. The Morgan fingerprint density at radius 1 is 1.42 bits per heavy atom. The highest BCUT2D eigenvalue weighted by Gasteiger charge is 2.27. The van der Waals surface area contributed by atoms with Gasteiger partial charge in [0.15, 0.2) is 11.5 Å². The quantitative estimate of drug-likeness (QED) is 0.859. The third-order valence-corrected chi connectivity index (χ3v) is 3.60. The third-order valence-electron chi connectivity index (χ3n) is 3.01. The number of methoxy groups -OCH3 is 1. The highest BCUT2D eigenvalue weighted by atomic mass is 79.9. The van der Waals surface area contributed by atoms with Crippen molar-refractivity contribution in [1.29, 1.82) is 0 Å². The van der Waals surface area contributed by atoms with Gasteiger partial charge < -0.3 is 19.3 Å². The van der Waals surface area contributed by atoms with Crippen molar-refractivity contribution in [1.82, 2.24) is 0 Å². The van der Waals surface area contributed by atoms with Gasteiger partial charge in [-0.3, -0.25) is 4.79 Å². The molecular weight excluding hydrogens is 316 g/mol. The van der Waals surface area contributed by atoms with Crippen LogP contribution >= 0.6 is 15.9 Å². The van der Waals surface area contributed by atoms with Gasteiger partial charge in [0, 0.05) is 0 Å². The molecule has 0 aromatic heterocycles. The smallest absolute Gasteiger partial charge is 0.311 e. The number of hydrogen-bond acceptors (Lipinski definition) is 5. The molecule has 1 aliphatic rings. The lowest BCUT2D eigenvalue weighted by Crippen LogP contribution is -2.21. The van der Waals surface area contributed by atoms with Crippen LogP contribution in [0.15, 0.2) is 16.6 Å². The summed E-state index contributed by atoms with van der Waals surface area (Å²) in [5, 5.41) is 10.2. The second kappa shape index (κ2) is 5.79. The van der Waals surface area contributed by atoms with E-state index in [4.69, 9.17) is 9.47 Å². The molecule has 1 N–H and O–H groups in total. The Morgan fingerprint density at radius 3 is 2.79 bits per heavy atom. The average Bonchev–Trinajstić information content (AvgIpc) is 2.44. The zero-order chi connectivity index (χ0) is 14.0. The molecule has 1 heterocycles. The van der Waals surface area contributed by atoms with E-state index in [0.717, 1.165) is 0 Å². The van der Waals surface area contributed by atoms with E-state index >= 15 is 0 Å². The number of ether oxygens (including phenoxy) is 3. The molecule has 0 amide bonds. The van der Waals surface area contributed by atoms with Gasteiger partial charge in [0.25, 0.3) is 0 Å². The van der Waals surface area contributed by atoms with E-state index in [0.29, 0.717) is 34.7 Å². The molecule has 0 saturated heterocycles. The van der Waals surface area contributed by atoms with E-state index in [1.54, 1.807) is 19.1 Å². The third kappa shape index (κ3) is 2.84. The Kier molecular flexibility index (Phi) is 4.31. The van der Waals surface area contributed by atoms with E-state index < -0.39 is 18.0 Å². The number of hydrogen-bond donors (Lipinski definition) is 1. The number of aliphatic hydroxyl groups is 1. The number of carbonyl (C=O) groups excluding carboxylic acids is 1. The molecule has 0 fully saturated rings. The van der Waals surface area contributed by atoms with E-state index in [9.17, 15) is 9.90 Å². The Balaban J connectivity index is 2.30. The zero-order valence-electron chi connectivity index (χ0n) is 10.7. The number of esters is 1. The molecule has 1 aromatic rings. The van der Waals surface area contributed by atoms with Crippen molar-refractivity contribution in [3.8, 4) is 11.5 Å². The van der Waals surface area contributed by atoms with E-state index in [-0.39, 0.29) is 0 Å². The number of carbonyl (C=O) groups is 1. The molecule has 1 aromatic carbocycles. The molecule has 5 nitrogen and oxygen atoms in total. The molecule has 2 atom stereocenters. The maximum absolute atomic E-state index is 11.5. The minimum Gasteiger partial charge on any atom is -0.486 e. The average molecular weight is 331 g/mol. The summed E-state index contributed by atoms with van der Waals surface area (Å²) in [6, 6.07) is 3.40. The first-order valence-corrected chi connectivity index (χ1v) is 6.69. The van der Waals surface area contributed by atoms with Gasteiger partial charge >= 0.3 is 5.97 Å². The van der Waals surface area contributed by atoms with Gasteiger partial charge in [-0.2, -0.15) is 0 Å². The summed E-state index contributed by atoms with van der Waals surface area (Å²) >= 11 is 3.37. The molecule has 2 unspecified atom stereocenters. The number of fused-ring (bicyclic) bond motifs is 1. The SMILES string of the molecule is COC(=O)C(C)C(O)c1cc(Br)c2c(c1)OCCO2. The largest absolute Gasteiger partial charge is 0.486 e. The molecular formula is C13H15BrO5. The number of benzene rings is 1. The number of rotatable bonds is 3. The Bertz CT molecular complexity index is 488. The highest BCUT2D eigenvalue weighted by Crippen LogP contribution is 2.40. The maximum Gasteiger partial charge on any atom is 0.311 e. The molecule has 0 saturated carbocycles. The Labute approximate surface area is 119 Å². The lowest BCUT2D eigenvalue weighted by atomic mass is 9.97. The minimum absolute atomic E-state index is 0.460. The van der Waals surface area contributed by atoms with Crippen molar-refractivity contribution in [3.05, 3.63) is 22.2 Å². The van der Waals surface area contributed by atoms with Crippen molar-refractivity contribution in [2.24, 2.45) is 5.92 Å². The fourth-order valence-electron chi connectivity index (χ4n) is 1.91. The second-order valence-electron chi connectivity index (χ2n) is 4.28. The van der Waals surface area contributed by atoms with Crippen molar-refractivity contribution < 1.29 is 24.1 Å². The van der Waals surface area contributed by atoms with E-state index in [2.05, 4.69) is 20.7 Å². The lowest BCUT2D eigenvalue weighted by molar-refractivity contribution is -0.148. The summed E-state index contributed by atoms with van der Waals surface area (Å²) < 4.78 is 16.3.